The van der Waals surface area contributed by atoms with Crippen LogP contribution < -0.4 is 5.01 Å². The average molecular weight is 530 g/mol. The lowest BCUT2D eigenvalue weighted by Gasteiger charge is -2.24. The number of hydrogen-bond acceptors (Lipinski definition) is 4. The van der Waals surface area contributed by atoms with Crippen LogP contribution in [0.5, 0.6) is 0 Å². The molecule has 4 rings (SSSR count). The Labute approximate surface area is 201 Å². The highest BCUT2D eigenvalue weighted by molar-refractivity contribution is 7.90. The van der Waals surface area contributed by atoms with Crippen molar-refractivity contribution >= 4 is 21.2 Å². The summed E-state index contributed by atoms with van der Waals surface area (Å²) in [6.45, 7) is 0. The normalized spacial score (nSPS) is 16.8. The van der Waals surface area contributed by atoms with Gasteiger partial charge in [0.1, 0.15) is 17.3 Å². The third-order valence-corrected chi connectivity index (χ3v) is 6.83. The highest BCUT2D eigenvalue weighted by atomic mass is 32.2. The van der Waals surface area contributed by atoms with Crippen molar-refractivity contribution in [2.24, 2.45) is 5.10 Å². The van der Waals surface area contributed by atoms with E-state index in [4.69, 9.17) is 0 Å². The van der Waals surface area contributed by atoms with Crippen LogP contribution in [-0.4, -0.2) is 32.5 Å². The molecule has 0 fully saturated rings. The highest BCUT2D eigenvalue weighted by Gasteiger charge is 2.63. The molecule has 0 amide bonds. The molecule has 1 atom stereocenters. The lowest BCUT2D eigenvalue weighted by molar-refractivity contribution is -0.249. The topological polar surface area (TPSA) is 49.7 Å². The van der Waals surface area contributed by atoms with Crippen molar-refractivity contribution in [1.29, 1.82) is 0 Å². The Morgan fingerprint density at radius 3 is 1.92 bits per heavy atom. The fourth-order valence-electron chi connectivity index (χ4n) is 3.82. The maximum Gasteiger partial charge on any atom is 0.459 e. The molecule has 4 nitrogen and oxygen atoms in total. The van der Waals surface area contributed by atoms with Gasteiger partial charge in [0.05, 0.1) is 16.6 Å². The van der Waals surface area contributed by atoms with E-state index in [1.54, 1.807) is 12.1 Å². The molecule has 1 aliphatic rings. The molecular formula is C24H17F7N2O2S. The van der Waals surface area contributed by atoms with E-state index in [2.05, 4.69) is 5.10 Å². The van der Waals surface area contributed by atoms with Crippen molar-refractivity contribution in [3.63, 3.8) is 0 Å². The van der Waals surface area contributed by atoms with Crippen molar-refractivity contribution in [1.82, 2.24) is 0 Å². The van der Waals surface area contributed by atoms with Gasteiger partial charge in [-0.05, 0) is 41.5 Å². The molecule has 1 heterocycles. The van der Waals surface area contributed by atoms with Crippen LogP contribution in [0.15, 0.2) is 76.7 Å². The number of benzene rings is 3. The zero-order valence-electron chi connectivity index (χ0n) is 18.4. The summed E-state index contributed by atoms with van der Waals surface area (Å²) in [4.78, 5) is 0.108. The van der Waals surface area contributed by atoms with Gasteiger partial charge in [0.2, 0.25) is 0 Å². The Morgan fingerprint density at radius 1 is 0.861 bits per heavy atom. The number of anilines is 1. The summed E-state index contributed by atoms with van der Waals surface area (Å²) in [5.41, 5.74) is -0.498. The quantitative estimate of drug-likeness (QED) is 0.352. The van der Waals surface area contributed by atoms with Gasteiger partial charge in [-0.15, -0.1) is 0 Å². The third kappa shape index (κ3) is 4.81. The second kappa shape index (κ2) is 8.91. The summed E-state index contributed by atoms with van der Waals surface area (Å²) in [6, 6.07) is 12.7. The van der Waals surface area contributed by atoms with Crippen molar-refractivity contribution in [3.05, 3.63) is 83.9 Å². The predicted octanol–water partition coefficient (Wildman–Crippen LogP) is 6.54. The fourth-order valence-corrected chi connectivity index (χ4v) is 4.45. The molecule has 0 spiro atoms. The van der Waals surface area contributed by atoms with Crippen molar-refractivity contribution in [2.45, 2.75) is 29.5 Å². The molecule has 36 heavy (non-hydrogen) atoms. The van der Waals surface area contributed by atoms with Crippen LogP contribution in [0.1, 0.15) is 18.0 Å². The van der Waals surface area contributed by atoms with Crippen molar-refractivity contribution < 1.29 is 39.2 Å². The third-order valence-electron chi connectivity index (χ3n) is 5.70. The van der Waals surface area contributed by atoms with Crippen LogP contribution in [0.4, 0.5) is 36.4 Å². The first-order valence-corrected chi connectivity index (χ1v) is 12.2. The Kier molecular flexibility index (Phi) is 6.36. The first kappa shape index (κ1) is 25.7. The summed E-state index contributed by atoms with van der Waals surface area (Å²) in [5, 5.41) is 4.36. The van der Waals surface area contributed by atoms with E-state index in [9.17, 15) is 39.2 Å². The molecule has 12 heteroatoms. The zero-order valence-corrected chi connectivity index (χ0v) is 19.2. The van der Waals surface area contributed by atoms with Crippen LogP contribution in [0.25, 0.3) is 11.1 Å². The van der Waals surface area contributed by atoms with Gasteiger partial charge in [0.15, 0.2) is 9.84 Å². The number of hydrogen-bond donors (Lipinski definition) is 0. The molecule has 1 unspecified atom stereocenters. The van der Waals surface area contributed by atoms with Crippen molar-refractivity contribution in [3.8, 4) is 11.1 Å². The van der Waals surface area contributed by atoms with E-state index in [1.807, 2.05) is 0 Å². The second-order valence-electron chi connectivity index (χ2n) is 8.19. The Hall–Kier alpha value is -3.41. The van der Waals surface area contributed by atoms with Crippen LogP contribution in [0, 0.1) is 11.6 Å². The first-order valence-electron chi connectivity index (χ1n) is 10.4. The van der Waals surface area contributed by atoms with Crippen LogP contribution >= 0.6 is 0 Å². The van der Waals surface area contributed by atoms with Gasteiger partial charge in [-0.2, -0.15) is 27.1 Å². The molecule has 0 saturated carbocycles. The molecule has 0 aliphatic carbocycles. The molecule has 0 bridgehead atoms. The predicted molar refractivity (Wildman–Crippen MR) is 120 cm³/mol. The Morgan fingerprint density at radius 2 is 1.42 bits per heavy atom. The molecule has 0 radical (unpaired) electrons. The zero-order chi connectivity index (χ0) is 26.5. The molecule has 190 valence electrons. The minimum atomic E-state index is -5.91. The van der Waals surface area contributed by atoms with E-state index in [0.717, 1.165) is 23.4 Å². The van der Waals surface area contributed by atoms with Gasteiger partial charge in [0.25, 0.3) is 0 Å². The van der Waals surface area contributed by atoms with Gasteiger partial charge in [0, 0.05) is 24.3 Å². The lowest BCUT2D eigenvalue weighted by Crippen LogP contribution is -2.43. The van der Waals surface area contributed by atoms with Crippen molar-refractivity contribution in [2.75, 3.05) is 11.3 Å². The Bertz CT molecular complexity index is 1420. The van der Waals surface area contributed by atoms with Gasteiger partial charge < -0.3 is 0 Å². The van der Waals surface area contributed by atoms with E-state index in [-0.39, 0.29) is 16.1 Å². The molecule has 1 aliphatic heterocycles. The average Bonchev–Trinajstić information content (AvgIpc) is 3.24. The van der Waals surface area contributed by atoms with Crippen LogP contribution in [0.2, 0.25) is 0 Å². The SMILES string of the molecule is CS(=O)(=O)c1ccc(-c2ccc(N3N=C(C(F)(F)C(F)(F)F)CC3c3ccc(F)cc3F)cc2)cc1. The van der Waals surface area contributed by atoms with Gasteiger partial charge in [-0.1, -0.05) is 30.3 Å². The number of hydrazone groups is 1. The summed E-state index contributed by atoms with van der Waals surface area (Å²) >= 11 is 0. The van der Waals surface area contributed by atoms with Crippen LogP contribution in [-0.2, 0) is 9.84 Å². The largest absolute Gasteiger partial charge is 0.459 e. The van der Waals surface area contributed by atoms with Crippen LogP contribution in [0.3, 0.4) is 0 Å². The number of sulfone groups is 1. The number of rotatable bonds is 5. The summed E-state index contributed by atoms with van der Waals surface area (Å²) in [6.07, 6.45) is -5.79. The number of halogens is 7. The van der Waals surface area contributed by atoms with Gasteiger partial charge in [-0.25, -0.2) is 17.2 Å². The van der Waals surface area contributed by atoms with E-state index in [0.29, 0.717) is 17.2 Å². The highest BCUT2D eigenvalue weighted by Crippen LogP contribution is 2.45. The lowest BCUT2D eigenvalue weighted by atomic mass is 9.98. The summed E-state index contributed by atoms with van der Waals surface area (Å²) < 4.78 is 118. The molecule has 3 aromatic carbocycles. The molecule has 0 saturated heterocycles. The van der Waals surface area contributed by atoms with Gasteiger partial charge in [-0.3, -0.25) is 5.01 Å². The minimum absolute atomic E-state index is 0.0909. The Balaban J connectivity index is 1.72. The molecule has 0 N–H and O–H groups in total. The maximum atomic E-state index is 14.5. The van der Waals surface area contributed by atoms with E-state index in [1.165, 1.54) is 36.4 Å². The smallest absolute Gasteiger partial charge is 0.257 e. The summed E-state index contributed by atoms with van der Waals surface area (Å²) in [7, 11) is -3.40. The number of alkyl halides is 5. The minimum Gasteiger partial charge on any atom is -0.257 e. The molecule has 0 aromatic heterocycles. The monoisotopic (exact) mass is 530 g/mol. The molecule has 3 aromatic rings. The van der Waals surface area contributed by atoms with E-state index < -0.39 is 51.7 Å². The fraction of sp³-hybridized carbons (Fsp3) is 0.208. The second-order valence-corrected chi connectivity index (χ2v) is 10.2. The van der Waals surface area contributed by atoms with E-state index >= 15 is 0 Å². The summed E-state index contributed by atoms with van der Waals surface area (Å²) in [5.74, 6) is -7.30. The standard InChI is InChI=1S/C24H17F7N2O2S/c1-36(34,35)18-9-4-15(5-10-18)14-2-7-17(8-3-14)33-21(19-11-6-16(25)12-20(19)26)13-22(32-33)23(27,28)24(29,30)31/h2-12,21H,13H2,1H3. The number of nitrogens with zero attached hydrogens (tertiary/aromatic N) is 2. The first-order chi connectivity index (χ1) is 16.7. The van der Waals surface area contributed by atoms with Gasteiger partial charge >= 0.3 is 12.1 Å². The maximum absolute atomic E-state index is 14.5. The molecular weight excluding hydrogens is 513 g/mol.